The van der Waals surface area contributed by atoms with Gasteiger partial charge in [0.15, 0.2) is 0 Å². The largest absolute Gasteiger partial charge is 0.337 e. The van der Waals surface area contributed by atoms with Crippen molar-refractivity contribution in [3.8, 4) is 0 Å². The van der Waals surface area contributed by atoms with Gasteiger partial charge < -0.3 is 9.80 Å². The summed E-state index contributed by atoms with van der Waals surface area (Å²) in [4.78, 5) is 31.1. The Balaban J connectivity index is 1.27. The second kappa shape index (κ2) is 9.54. The van der Waals surface area contributed by atoms with Crippen molar-refractivity contribution >= 4 is 55.5 Å². The van der Waals surface area contributed by atoms with Crippen LogP contribution >= 0.6 is 22.9 Å². The van der Waals surface area contributed by atoms with Gasteiger partial charge in [-0.15, -0.1) is 11.3 Å². The monoisotopic (exact) mass is 531 g/mol. The van der Waals surface area contributed by atoms with Gasteiger partial charge in [-0.1, -0.05) is 23.7 Å². The van der Waals surface area contributed by atoms with Crippen LogP contribution in [0.3, 0.4) is 0 Å². The summed E-state index contributed by atoms with van der Waals surface area (Å²) >= 11 is 7.73. The molecule has 2 atom stereocenters. The van der Waals surface area contributed by atoms with Gasteiger partial charge in [-0.05, 0) is 78.2 Å². The Morgan fingerprint density at radius 2 is 1.91 bits per heavy atom. The molecule has 1 saturated heterocycles. The zero-order chi connectivity index (χ0) is 24.7. The number of thiophene rings is 1. The quantitative estimate of drug-likeness (QED) is 0.542. The van der Waals surface area contributed by atoms with Crippen LogP contribution in [0.2, 0.25) is 5.02 Å². The van der Waals surface area contributed by atoms with E-state index in [1.54, 1.807) is 48.6 Å². The number of nitrogens with zero attached hydrogens (tertiary/aromatic N) is 2. The molecule has 1 unspecified atom stereocenters. The maximum atomic E-state index is 13.3. The molecule has 10 heteroatoms. The number of benzene rings is 2. The van der Waals surface area contributed by atoms with Gasteiger partial charge in [-0.25, -0.2) is 8.42 Å². The minimum Gasteiger partial charge on any atom is -0.337 e. The van der Waals surface area contributed by atoms with Crippen molar-refractivity contribution in [3.05, 3.63) is 63.3 Å². The molecule has 3 aromatic rings. The predicted molar refractivity (Wildman–Crippen MR) is 137 cm³/mol. The van der Waals surface area contributed by atoms with Crippen molar-refractivity contribution in [2.24, 2.45) is 0 Å². The van der Waals surface area contributed by atoms with Crippen LogP contribution in [-0.4, -0.2) is 55.2 Å². The number of sulfonamides is 1. The lowest BCUT2D eigenvalue weighted by atomic mass is 10.1. The third kappa shape index (κ3) is 4.82. The highest BCUT2D eigenvalue weighted by Gasteiger charge is 2.40. The van der Waals surface area contributed by atoms with Crippen molar-refractivity contribution in [3.63, 3.8) is 0 Å². The summed E-state index contributed by atoms with van der Waals surface area (Å²) in [6.07, 6.45) is 2.16. The second-order valence-electron chi connectivity index (χ2n) is 9.06. The maximum absolute atomic E-state index is 13.3. The van der Waals surface area contributed by atoms with E-state index in [4.69, 9.17) is 11.6 Å². The molecule has 35 heavy (non-hydrogen) atoms. The van der Waals surface area contributed by atoms with Crippen LogP contribution in [0.4, 0.5) is 0 Å². The van der Waals surface area contributed by atoms with Crippen LogP contribution in [0.1, 0.15) is 30.2 Å². The molecule has 1 fully saturated rings. The minimum absolute atomic E-state index is 0.0823. The SMILES string of the molecule is C[C@@H](C(=O)N1CCCc2sccc2C1)N1CCC(NS(=O)(=O)c2ccc3cc(Cl)ccc3c2)C1=O. The lowest BCUT2D eigenvalue weighted by Crippen LogP contribution is -2.50. The molecule has 5 rings (SSSR count). The molecule has 2 aliphatic heterocycles. The van der Waals surface area contributed by atoms with Crippen molar-refractivity contribution in [1.82, 2.24) is 14.5 Å². The summed E-state index contributed by atoms with van der Waals surface area (Å²) in [5, 5.41) is 4.19. The fourth-order valence-corrected chi connectivity index (χ4v) is 7.22. The molecule has 3 heterocycles. The van der Waals surface area contributed by atoms with E-state index in [9.17, 15) is 18.0 Å². The fourth-order valence-electron chi connectivity index (χ4n) is 4.84. The number of carbonyl (C=O) groups is 2. The molecule has 184 valence electrons. The average Bonchev–Trinajstić information content (AvgIpc) is 3.36. The van der Waals surface area contributed by atoms with Crippen LogP contribution < -0.4 is 4.72 Å². The van der Waals surface area contributed by atoms with E-state index in [0.29, 0.717) is 31.1 Å². The van der Waals surface area contributed by atoms with E-state index in [1.165, 1.54) is 21.4 Å². The molecule has 0 spiro atoms. The van der Waals surface area contributed by atoms with Crippen LogP contribution in [0.15, 0.2) is 52.7 Å². The van der Waals surface area contributed by atoms with Crippen LogP contribution in [-0.2, 0) is 32.6 Å². The number of carbonyl (C=O) groups excluding carboxylic acids is 2. The zero-order valence-electron chi connectivity index (χ0n) is 19.2. The van der Waals surface area contributed by atoms with Gasteiger partial charge in [0.05, 0.1) is 4.90 Å². The number of halogens is 1. The number of fused-ring (bicyclic) bond motifs is 2. The first-order chi connectivity index (χ1) is 16.7. The summed E-state index contributed by atoms with van der Waals surface area (Å²) < 4.78 is 28.7. The molecular formula is C25H26ClN3O4S2. The third-order valence-corrected chi connectivity index (χ3v) is 9.52. The highest BCUT2D eigenvalue weighted by Crippen LogP contribution is 2.26. The van der Waals surface area contributed by atoms with Crippen LogP contribution in [0.5, 0.6) is 0 Å². The average molecular weight is 532 g/mol. The molecule has 0 saturated carbocycles. The summed E-state index contributed by atoms with van der Waals surface area (Å²) in [5.41, 5.74) is 1.17. The molecular weight excluding hydrogens is 506 g/mol. The van der Waals surface area contributed by atoms with Gasteiger partial charge in [0.2, 0.25) is 21.8 Å². The molecule has 2 amide bonds. The number of amides is 2. The number of hydrogen-bond acceptors (Lipinski definition) is 5. The lowest BCUT2D eigenvalue weighted by Gasteiger charge is -2.30. The Kier molecular flexibility index (Phi) is 6.61. The normalized spacial score (nSPS) is 19.6. The van der Waals surface area contributed by atoms with Crippen molar-refractivity contribution < 1.29 is 18.0 Å². The molecule has 1 aromatic heterocycles. The Morgan fingerprint density at radius 3 is 2.74 bits per heavy atom. The minimum atomic E-state index is -3.92. The molecule has 0 aliphatic carbocycles. The topological polar surface area (TPSA) is 86.8 Å². The molecule has 0 bridgehead atoms. The Bertz CT molecular complexity index is 1400. The highest BCUT2D eigenvalue weighted by molar-refractivity contribution is 7.89. The van der Waals surface area contributed by atoms with E-state index in [-0.39, 0.29) is 16.7 Å². The van der Waals surface area contributed by atoms with E-state index in [0.717, 1.165) is 23.6 Å². The van der Waals surface area contributed by atoms with Crippen molar-refractivity contribution in [1.29, 1.82) is 0 Å². The molecule has 2 aromatic carbocycles. The summed E-state index contributed by atoms with van der Waals surface area (Å²) in [6.45, 7) is 3.25. The smallest absolute Gasteiger partial charge is 0.245 e. The third-order valence-electron chi connectivity index (χ3n) is 6.79. The van der Waals surface area contributed by atoms with Crippen molar-refractivity contribution in [2.45, 2.75) is 49.7 Å². The van der Waals surface area contributed by atoms with Crippen molar-refractivity contribution in [2.75, 3.05) is 13.1 Å². The van der Waals surface area contributed by atoms with E-state index in [1.807, 2.05) is 10.3 Å². The van der Waals surface area contributed by atoms with Gasteiger partial charge in [-0.2, -0.15) is 4.72 Å². The Morgan fingerprint density at radius 1 is 1.14 bits per heavy atom. The van der Waals surface area contributed by atoms with E-state index >= 15 is 0 Å². The van der Waals surface area contributed by atoms with Gasteiger partial charge in [0, 0.05) is 29.5 Å². The molecule has 7 nitrogen and oxygen atoms in total. The molecule has 2 aliphatic rings. The first kappa shape index (κ1) is 24.2. The van der Waals surface area contributed by atoms with E-state index in [2.05, 4.69) is 10.8 Å². The van der Waals surface area contributed by atoms with Gasteiger partial charge in [-0.3, -0.25) is 9.59 Å². The Hall–Kier alpha value is -2.46. The number of likely N-dealkylation sites (tertiary alicyclic amines) is 1. The second-order valence-corrected chi connectivity index (χ2v) is 12.2. The number of aryl methyl sites for hydroxylation is 1. The van der Waals surface area contributed by atoms with Crippen LogP contribution in [0, 0.1) is 0 Å². The number of hydrogen-bond donors (Lipinski definition) is 1. The summed E-state index contributed by atoms with van der Waals surface area (Å²) in [5.74, 6) is -0.470. The lowest BCUT2D eigenvalue weighted by molar-refractivity contribution is -0.143. The zero-order valence-corrected chi connectivity index (χ0v) is 21.6. The van der Waals surface area contributed by atoms with Gasteiger partial charge in [0.25, 0.3) is 0 Å². The standard InChI is InChI=1S/C25H26ClN3O4S2/c1-16(24(30)28-10-2-3-23-19(15-28)9-12-34-23)29-11-8-22(25(29)31)27-35(32,33)21-7-5-17-13-20(26)6-4-18(17)14-21/h4-7,9,12-14,16,22,27H,2-3,8,10-11,15H2,1H3/t16-,22?/m0/s1. The Labute approximate surface area is 213 Å². The first-order valence-electron chi connectivity index (χ1n) is 11.6. The summed E-state index contributed by atoms with van der Waals surface area (Å²) in [6, 6.07) is 10.5. The fraction of sp³-hybridized carbons (Fsp3) is 0.360. The van der Waals surface area contributed by atoms with Gasteiger partial charge >= 0.3 is 0 Å². The number of rotatable bonds is 5. The predicted octanol–water partition coefficient (Wildman–Crippen LogP) is 3.80. The highest BCUT2D eigenvalue weighted by atomic mass is 35.5. The van der Waals surface area contributed by atoms with E-state index < -0.39 is 22.1 Å². The molecule has 1 N–H and O–H groups in total. The number of nitrogens with one attached hydrogen (secondary N) is 1. The first-order valence-corrected chi connectivity index (χ1v) is 14.3. The van der Waals surface area contributed by atoms with Gasteiger partial charge in [0.1, 0.15) is 12.1 Å². The van der Waals surface area contributed by atoms with Crippen LogP contribution in [0.25, 0.3) is 10.8 Å². The maximum Gasteiger partial charge on any atom is 0.245 e. The molecule has 0 radical (unpaired) electrons. The summed E-state index contributed by atoms with van der Waals surface area (Å²) in [7, 11) is -3.92.